The van der Waals surface area contributed by atoms with Crippen molar-refractivity contribution in [3.8, 4) is 22.9 Å². The first-order valence-electron chi connectivity index (χ1n) is 10.5. The summed E-state index contributed by atoms with van der Waals surface area (Å²) in [6, 6.07) is 13.0. The molecule has 1 aliphatic rings. The number of anilines is 1. The molecule has 33 heavy (non-hydrogen) atoms. The highest BCUT2D eigenvalue weighted by Gasteiger charge is 2.43. The number of rotatable bonds is 6. The van der Waals surface area contributed by atoms with E-state index in [0.717, 1.165) is 11.3 Å². The summed E-state index contributed by atoms with van der Waals surface area (Å²) in [6.07, 6.45) is 0. The van der Waals surface area contributed by atoms with Crippen molar-refractivity contribution in [2.75, 3.05) is 26.2 Å². The van der Waals surface area contributed by atoms with Crippen molar-refractivity contribution in [1.82, 2.24) is 9.36 Å². The maximum absolute atomic E-state index is 13.6. The van der Waals surface area contributed by atoms with E-state index in [4.69, 9.17) is 14.2 Å². The minimum atomic E-state index is -0.431. The lowest BCUT2D eigenvalue weighted by molar-refractivity contribution is -0.117. The predicted molar refractivity (Wildman–Crippen MR) is 129 cm³/mol. The van der Waals surface area contributed by atoms with E-state index in [0.29, 0.717) is 28.6 Å². The van der Waals surface area contributed by atoms with Crippen LogP contribution in [0.25, 0.3) is 5.69 Å². The zero-order valence-electron chi connectivity index (χ0n) is 19.5. The van der Waals surface area contributed by atoms with Crippen LogP contribution >= 0.6 is 11.8 Å². The van der Waals surface area contributed by atoms with E-state index >= 15 is 0 Å². The fourth-order valence-electron chi connectivity index (χ4n) is 4.15. The fourth-order valence-corrected chi connectivity index (χ4v) is 5.40. The van der Waals surface area contributed by atoms with Crippen LogP contribution in [0.2, 0.25) is 0 Å². The van der Waals surface area contributed by atoms with Crippen molar-refractivity contribution < 1.29 is 19.0 Å². The molecule has 8 nitrogen and oxygen atoms in total. The first kappa shape index (κ1) is 22.8. The van der Waals surface area contributed by atoms with E-state index in [1.807, 2.05) is 63.4 Å². The number of ether oxygens (including phenoxy) is 3. The van der Waals surface area contributed by atoms with Gasteiger partial charge in [0.25, 0.3) is 5.56 Å². The summed E-state index contributed by atoms with van der Waals surface area (Å²) in [6.45, 7) is 3.70. The van der Waals surface area contributed by atoms with Gasteiger partial charge in [-0.15, -0.1) is 11.8 Å². The lowest BCUT2D eigenvalue weighted by atomic mass is 10.1. The van der Waals surface area contributed by atoms with Crippen molar-refractivity contribution in [3.05, 3.63) is 64.1 Å². The van der Waals surface area contributed by atoms with Crippen molar-refractivity contribution in [3.63, 3.8) is 0 Å². The molecular weight excluding hydrogens is 442 g/mol. The van der Waals surface area contributed by atoms with Gasteiger partial charge in [0.1, 0.15) is 11.1 Å². The monoisotopic (exact) mass is 469 g/mol. The quantitative estimate of drug-likeness (QED) is 0.548. The van der Waals surface area contributed by atoms with Crippen molar-refractivity contribution >= 4 is 23.4 Å². The standard InChI is InChI=1S/C24H27N3O5S/c1-14-20(23(29)27(25(14)3)17-10-8-7-9-11-17)26-22(28)15(2)33-24(26)16-12-18(30-4)21(32-6)19(13-16)31-5/h7-13,15,24H,1-6H3/t15-,24+/m1/s1. The molecule has 0 unspecified atom stereocenters. The Labute approximate surface area is 196 Å². The van der Waals surface area contributed by atoms with E-state index in [-0.39, 0.29) is 16.7 Å². The Morgan fingerprint density at radius 2 is 1.55 bits per heavy atom. The highest BCUT2D eigenvalue weighted by Crippen LogP contribution is 2.49. The van der Waals surface area contributed by atoms with Crippen molar-refractivity contribution in [2.45, 2.75) is 24.5 Å². The van der Waals surface area contributed by atoms with E-state index in [1.165, 1.54) is 11.8 Å². The van der Waals surface area contributed by atoms with Gasteiger partial charge in [-0.25, -0.2) is 4.68 Å². The average molecular weight is 470 g/mol. The third-order valence-electron chi connectivity index (χ3n) is 5.89. The number of aromatic nitrogens is 2. The minimum absolute atomic E-state index is 0.121. The number of thioether (sulfide) groups is 1. The molecule has 2 atom stereocenters. The van der Waals surface area contributed by atoms with Gasteiger partial charge in [-0.3, -0.25) is 19.2 Å². The van der Waals surface area contributed by atoms with Crippen molar-refractivity contribution in [2.24, 2.45) is 7.05 Å². The fraction of sp³-hybridized carbons (Fsp3) is 0.333. The van der Waals surface area contributed by atoms with Gasteiger partial charge in [0.2, 0.25) is 11.7 Å². The maximum Gasteiger partial charge on any atom is 0.295 e. The molecule has 4 rings (SSSR count). The van der Waals surface area contributed by atoms with Crippen LogP contribution in [0.3, 0.4) is 0 Å². The molecule has 0 N–H and O–H groups in total. The summed E-state index contributed by atoms with van der Waals surface area (Å²) in [5, 5.41) is -0.752. The molecule has 1 aromatic heterocycles. The Hall–Kier alpha value is -3.33. The van der Waals surface area contributed by atoms with Gasteiger partial charge in [-0.1, -0.05) is 18.2 Å². The Balaban J connectivity index is 1.90. The summed E-state index contributed by atoms with van der Waals surface area (Å²) >= 11 is 1.48. The number of nitrogens with zero attached hydrogens (tertiary/aromatic N) is 3. The number of benzene rings is 2. The van der Waals surface area contributed by atoms with Gasteiger partial charge < -0.3 is 14.2 Å². The van der Waals surface area contributed by atoms with Gasteiger partial charge in [0.05, 0.1) is 38.0 Å². The Bertz CT molecular complexity index is 1230. The summed E-state index contributed by atoms with van der Waals surface area (Å²) in [4.78, 5) is 28.6. The smallest absolute Gasteiger partial charge is 0.295 e. The molecule has 3 aromatic rings. The lowest BCUT2D eigenvalue weighted by Gasteiger charge is -2.24. The van der Waals surface area contributed by atoms with Gasteiger partial charge in [-0.2, -0.15) is 0 Å². The molecule has 0 spiro atoms. The summed E-state index contributed by atoms with van der Waals surface area (Å²) in [5.41, 5.74) is 2.32. The van der Waals surface area contributed by atoms with Crippen LogP contribution in [0.5, 0.6) is 17.2 Å². The van der Waals surface area contributed by atoms with Crippen LogP contribution in [0, 0.1) is 6.92 Å². The Morgan fingerprint density at radius 1 is 0.939 bits per heavy atom. The number of hydrogen-bond donors (Lipinski definition) is 0. The minimum Gasteiger partial charge on any atom is -0.493 e. The van der Waals surface area contributed by atoms with Crippen LogP contribution < -0.4 is 24.7 Å². The summed E-state index contributed by atoms with van der Waals surface area (Å²) in [5.74, 6) is 1.33. The molecule has 0 radical (unpaired) electrons. The second kappa shape index (κ2) is 8.90. The first-order chi connectivity index (χ1) is 15.8. The third kappa shape index (κ3) is 3.66. The topological polar surface area (TPSA) is 74.9 Å². The highest BCUT2D eigenvalue weighted by molar-refractivity contribution is 8.01. The molecule has 1 aliphatic heterocycles. The molecule has 0 aliphatic carbocycles. The van der Waals surface area contributed by atoms with Gasteiger partial charge in [-0.05, 0) is 43.7 Å². The van der Waals surface area contributed by atoms with Crippen LogP contribution in [-0.4, -0.2) is 41.9 Å². The molecule has 174 valence electrons. The zero-order valence-corrected chi connectivity index (χ0v) is 20.3. The SMILES string of the molecule is COc1cc([C@@H]2S[C@H](C)C(=O)N2c2c(C)n(C)n(-c3ccccc3)c2=O)cc(OC)c1OC. The molecule has 1 saturated heterocycles. The van der Waals surface area contributed by atoms with Crippen molar-refractivity contribution in [1.29, 1.82) is 0 Å². The molecule has 1 fully saturated rings. The van der Waals surface area contributed by atoms with E-state index in [2.05, 4.69) is 0 Å². The number of para-hydroxylation sites is 1. The van der Waals surface area contributed by atoms with Gasteiger partial charge >= 0.3 is 0 Å². The second-order valence-corrected chi connectivity index (χ2v) is 9.13. The van der Waals surface area contributed by atoms with Crippen LogP contribution in [-0.2, 0) is 11.8 Å². The average Bonchev–Trinajstić information content (AvgIpc) is 3.24. The zero-order chi connectivity index (χ0) is 23.9. The van der Waals surface area contributed by atoms with E-state index < -0.39 is 5.37 Å². The largest absolute Gasteiger partial charge is 0.493 e. The van der Waals surface area contributed by atoms with Gasteiger partial charge in [0.15, 0.2) is 11.5 Å². The Morgan fingerprint density at radius 3 is 2.09 bits per heavy atom. The van der Waals surface area contributed by atoms with Crippen LogP contribution in [0.1, 0.15) is 23.6 Å². The molecule has 2 heterocycles. The second-order valence-electron chi connectivity index (χ2n) is 7.71. The molecule has 0 bridgehead atoms. The number of carbonyl (C=O) groups excluding carboxylic acids is 1. The molecule has 0 saturated carbocycles. The number of carbonyl (C=O) groups is 1. The highest BCUT2D eigenvalue weighted by atomic mass is 32.2. The number of amides is 1. The summed E-state index contributed by atoms with van der Waals surface area (Å²) < 4.78 is 19.8. The molecule has 1 amide bonds. The predicted octanol–water partition coefficient (Wildman–Crippen LogP) is 3.68. The summed E-state index contributed by atoms with van der Waals surface area (Å²) in [7, 11) is 6.46. The first-order valence-corrected chi connectivity index (χ1v) is 11.4. The number of hydrogen-bond acceptors (Lipinski definition) is 6. The number of methoxy groups -OCH3 is 3. The molecule has 2 aromatic carbocycles. The maximum atomic E-state index is 13.6. The van der Waals surface area contributed by atoms with Gasteiger partial charge in [0, 0.05) is 7.05 Å². The molecular formula is C24H27N3O5S. The normalized spacial score (nSPS) is 18.0. The van der Waals surface area contributed by atoms with E-state index in [1.54, 1.807) is 35.6 Å². The lowest BCUT2D eigenvalue weighted by Crippen LogP contribution is -2.34. The third-order valence-corrected chi connectivity index (χ3v) is 7.24. The van der Waals surface area contributed by atoms with E-state index in [9.17, 15) is 9.59 Å². The van der Waals surface area contributed by atoms with Crippen LogP contribution in [0.15, 0.2) is 47.3 Å². The molecule has 9 heteroatoms. The van der Waals surface area contributed by atoms with Crippen LogP contribution in [0.4, 0.5) is 5.69 Å². The Kier molecular flexibility index (Phi) is 6.16.